The van der Waals surface area contributed by atoms with E-state index in [9.17, 15) is 0 Å². The van der Waals surface area contributed by atoms with E-state index in [-0.39, 0.29) is 0 Å². The molecule has 1 saturated heterocycles. The molecular formula is C13H19ClN2O. The molecule has 0 spiro atoms. The van der Waals surface area contributed by atoms with Crippen LogP contribution in [0.25, 0.3) is 0 Å². The van der Waals surface area contributed by atoms with Crippen LogP contribution in [-0.2, 0) is 11.3 Å². The fourth-order valence-corrected chi connectivity index (χ4v) is 2.36. The number of halogens is 1. The van der Waals surface area contributed by atoms with Crippen LogP contribution in [0.15, 0.2) is 18.2 Å². The highest BCUT2D eigenvalue weighted by Gasteiger charge is 2.20. The number of ether oxygens (including phenoxy) is 1. The minimum atomic E-state index is 0.313. The third-order valence-corrected chi connectivity index (χ3v) is 3.44. The van der Waals surface area contributed by atoms with Gasteiger partial charge in [-0.05, 0) is 24.1 Å². The second kappa shape index (κ2) is 5.71. The number of benzene rings is 1. The Morgan fingerprint density at radius 3 is 3.06 bits per heavy atom. The zero-order valence-electron chi connectivity index (χ0n) is 10.2. The summed E-state index contributed by atoms with van der Waals surface area (Å²) in [6.45, 7) is 5.29. The van der Waals surface area contributed by atoms with Crippen molar-refractivity contribution < 1.29 is 4.74 Å². The van der Waals surface area contributed by atoms with Crippen LogP contribution in [0.5, 0.6) is 0 Å². The van der Waals surface area contributed by atoms with E-state index in [0.717, 1.165) is 42.4 Å². The van der Waals surface area contributed by atoms with E-state index >= 15 is 0 Å². The van der Waals surface area contributed by atoms with Crippen molar-refractivity contribution in [3.05, 3.63) is 28.8 Å². The summed E-state index contributed by atoms with van der Waals surface area (Å²) in [6.07, 6.45) is 1.35. The Hall–Kier alpha value is -0.770. The third-order valence-electron chi connectivity index (χ3n) is 3.20. The van der Waals surface area contributed by atoms with Gasteiger partial charge in [0.25, 0.3) is 0 Å². The molecule has 0 amide bonds. The van der Waals surface area contributed by atoms with Gasteiger partial charge in [-0.1, -0.05) is 24.6 Å². The van der Waals surface area contributed by atoms with E-state index in [4.69, 9.17) is 22.1 Å². The molecule has 1 aromatic carbocycles. The smallest absolute Gasteiger partial charge is 0.0748 e. The maximum Gasteiger partial charge on any atom is 0.0748 e. The predicted molar refractivity (Wildman–Crippen MR) is 71.6 cm³/mol. The van der Waals surface area contributed by atoms with Crippen molar-refractivity contribution >= 4 is 17.3 Å². The van der Waals surface area contributed by atoms with E-state index in [2.05, 4.69) is 11.8 Å². The predicted octanol–water partition coefficient (Wildman–Crippen LogP) is 2.41. The van der Waals surface area contributed by atoms with Gasteiger partial charge in [-0.25, -0.2) is 0 Å². The average Bonchev–Trinajstić information content (AvgIpc) is 2.39. The molecular weight excluding hydrogens is 236 g/mol. The summed E-state index contributed by atoms with van der Waals surface area (Å²) < 4.78 is 5.68. The molecule has 4 heteroatoms. The Kier molecular flexibility index (Phi) is 4.26. The largest absolute Gasteiger partial charge is 0.375 e. The first-order valence-corrected chi connectivity index (χ1v) is 6.47. The van der Waals surface area contributed by atoms with E-state index in [0.29, 0.717) is 12.6 Å². The fraction of sp³-hybridized carbons (Fsp3) is 0.538. The Bertz CT molecular complexity index is 384. The van der Waals surface area contributed by atoms with Crippen molar-refractivity contribution in [1.29, 1.82) is 0 Å². The van der Waals surface area contributed by atoms with Crippen LogP contribution >= 0.6 is 11.6 Å². The normalized spacial score (nSPS) is 20.6. The molecule has 1 aliphatic rings. The Labute approximate surface area is 107 Å². The van der Waals surface area contributed by atoms with Gasteiger partial charge >= 0.3 is 0 Å². The molecule has 17 heavy (non-hydrogen) atoms. The molecule has 0 aromatic heterocycles. The molecule has 1 unspecified atom stereocenters. The molecule has 2 rings (SSSR count). The molecule has 94 valence electrons. The molecule has 1 heterocycles. The maximum atomic E-state index is 6.06. The van der Waals surface area contributed by atoms with Crippen LogP contribution < -0.4 is 10.6 Å². The first kappa shape index (κ1) is 12.7. The van der Waals surface area contributed by atoms with Crippen LogP contribution in [0.3, 0.4) is 0 Å². The van der Waals surface area contributed by atoms with Crippen LogP contribution in [0, 0.1) is 0 Å². The van der Waals surface area contributed by atoms with E-state index < -0.39 is 0 Å². The highest BCUT2D eigenvalue weighted by Crippen LogP contribution is 2.26. The minimum absolute atomic E-state index is 0.313. The molecule has 0 radical (unpaired) electrons. The number of hydrogen-bond donors (Lipinski definition) is 1. The molecule has 0 bridgehead atoms. The number of rotatable bonds is 3. The van der Waals surface area contributed by atoms with E-state index in [1.807, 2.05) is 18.2 Å². The number of nitrogens with zero attached hydrogens (tertiary/aromatic N) is 1. The van der Waals surface area contributed by atoms with Crippen LogP contribution in [0.1, 0.15) is 18.9 Å². The summed E-state index contributed by atoms with van der Waals surface area (Å²) in [7, 11) is 0. The molecule has 1 fully saturated rings. The molecule has 0 saturated carbocycles. The second-order valence-electron chi connectivity index (χ2n) is 4.32. The van der Waals surface area contributed by atoms with Gasteiger partial charge in [0.15, 0.2) is 0 Å². The van der Waals surface area contributed by atoms with Crippen molar-refractivity contribution in [3.8, 4) is 0 Å². The number of anilines is 1. The van der Waals surface area contributed by atoms with Crippen LogP contribution in [0.2, 0.25) is 5.02 Å². The lowest BCUT2D eigenvalue weighted by molar-refractivity contribution is 0.0384. The Morgan fingerprint density at radius 2 is 2.35 bits per heavy atom. The van der Waals surface area contributed by atoms with Gasteiger partial charge in [-0.3, -0.25) is 0 Å². The highest BCUT2D eigenvalue weighted by atomic mass is 35.5. The standard InChI is InChI=1S/C13H19ClN2O/c1-2-12-9-16(5-6-17-12)13-7-11(14)4-3-10(13)8-15/h3-4,7,12H,2,5-6,8-9,15H2,1H3. The lowest BCUT2D eigenvalue weighted by atomic mass is 10.1. The summed E-state index contributed by atoms with van der Waals surface area (Å²) in [6, 6.07) is 5.90. The van der Waals surface area contributed by atoms with Gasteiger partial charge in [-0.15, -0.1) is 0 Å². The number of morpholine rings is 1. The molecule has 1 aliphatic heterocycles. The van der Waals surface area contributed by atoms with Crippen LogP contribution in [0.4, 0.5) is 5.69 Å². The molecule has 1 atom stereocenters. The maximum absolute atomic E-state index is 6.06. The van der Waals surface area contributed by atoms with E-state index in [1.54, 1.807) is 0 Å². The van der Waals surface area contributed by atoms with E-state index in [1.165, 1.54) is 0 Å². The fourth-order valence-electron chi connectivity index (χ4n) is 2.19. The third kappa shape index (κ3) is 2.92. The second-order valence-corrected chi connectivity index (χ2v) is 4.76. The first-order valence-electron chi connectivity index (χ1n) is 6.09. The number of hydrogen-bond acceptors (Lipinski definition) is 3. The quantitative estimate of drug-likeness (QED) is 0.900. The van der Waals surface area contributed by atoms with Crippen molar-refractivity contribution in [2.45, 2.75) is 26.0 Å². The van der Waals surface area contributed by atoms with Gasteiger partial charge in [0, 0.05) is 30.3 Å². The van der Waals surface area contributed by atoms with Crippen LogP contribution in [-0.4, -0.2) is 25.8 Å². The van der Waals surface area contributed by atoms with Crippen molar-refractivity contribution in [3.63, 3.8) is 0 Å². The Morgan fingerprint density at radius 1 is 1.53 bits per heavy atom. The highest BCUT2D eigenvalue weighted by molar-refractivity contribution is 6.30. The van der Waals surface area contributed by atoms with Gasteiger partial charge in [0.05, 0.1) is 12.7 Å². The zero-order valence-corrected chi connectivity index (χ0v) is 10.9. The molecule has 3 nitrogen and oxygen atoms in total. The summed E-state index contributed by atoms with van der Waals surface area (Å²) in [5.74, 6) is 0. The zero-order chi connectivity index (χ0) is 12.3. The molecule has 1 aromatic rings. The number of nitrogens with two attached hydrogens (primary N) is 1. The van der Waals surface area contributed by atoms with Gasteiger partial charge in [0.1, 0.15) is 0 Å². The van der Waals surface area contributed by atoms with Gasteiger partial charge in [-0.2, -0.15) is 0 Å². The lowest BCUT2D eigenvalue weighted by Crippen LogP contribution is -2.42. The summed E-state index contributed by atoms with van der Waals surface area (Å²) in [5.41, 5.74) is 8.07. The Balaban J connectivity index is 2.22. The average molecular weight is 255 g/mol. The van der Waals surface area contributed by atoms with Gasteiger partial charge < -0.3 is 15.4 Å². The minimum Gasteiger partial charge on any atom is -0.375 e. The molecule has 0 aliphatic carbocycles. The summed E-state index contributed by atoms with van der Waals surface area (Å²) >= 11 is 6.06. The topological polar surface area (TPSA) is 38.5 Å². The lowest BCUT2D eigenvalue weighted by Gasteiger charge is -2.35. The van der Waals surface area contributed by atoms with Crippen molar-refractivity contribution in [2.24, 2.45) is 5.73 Å². The monoisotopic (exact) mass is 254 g/mol. The summed E-state index contributed by atoms with van der Waals surface area (Å²) in [5, 5.41) is 0.761. The summed E-state index contributed by atoms with van der Waals surface area (Å²) in [4.78, 5) is 2.33. The molecule has 2 N–H and O–H groups in total. The van der Waals surface area contributed by atoms with Crippen molar-refractivity contribution in [2.75, 3.05) is 24.6 Å². The van der Waals surface area contributed by atoms with Gasteiger partial charge in [0.2, 0.25) is 0 Å². The SMILES string of the molecule is CCC1CN(c2cc(Cl)ccc2CN)CCO1. The first-order chi connectivity index (χ1) is 8.24. The van der Waals surface area contributed by atoms with Crippen molar-refractivity contribution in [1.82, 2.24) is 0 Å².